The van der Waals surface area contributed by atoms with Crippen LogP contribution in [0.15, 0.2) is 85.1 Å². The highest BCUT2D eigenvalue weighted by atomic mass is 19.1. The highest BCUT2D eigenvalue weighted by molar-refractivity contribution is 6.00. The summed E-state index contributed by atoms with van der Waals surface area (Å²) in [5, 5.41) is 4.70. The molecule has 1 fully saturated rings. The maximum Gasteiger partial charge on any atom is 0.257 e. The minimum atomic E-state index is -0.327. The first kappa shape index (κ1) is 21.7. The van der Waals surface area contributed by atoms with E-state index in [0.717, 1.165) is 17.1 Å². The minimum Gasteiger partial charge on any atom is -0.495 e. The van der Waals surface area contributed by atoms with Gasteiger partial charge in [0.2, 0.25) is 0 Å². The number of hydrogen-bond donors (Lipinski definition) is 0. The van der Waals surface area contributed by atoms with Crippen LogP contribution in [-0.2, 0) is 0 Å². The van der Waals surface area contributed by atoms with Crippen LogP contribution >= 0.6 is 0 Å². The van der Waals surface area contributed by atoms with Crippen LogP contribution in [0.25, 0.3) is 16.9 Å². The molecule has 6 nitrogen and oxygen atoms in total. The van der Waals surface area contributed by atoms with Crippen molar-refractivity contribution in [3.05, 3.63) is 96.4 Å². The number of aromatic nitrogens is 2. The Morgan fingerprint density at radius 1 is 0.882 bits per heavy atom. The number of methoxy groups -OCH3 is 1. The molecule has 0 unspecified atom stereocenters. The van der Waals surface area contributed by atoms with Crippen molar-refractivity contribution in [2.45, 2.75) is 0 Å². The molecule has 2 heterocycles. The molecule has 34 heavy (non-hydrogen) atoms. The minimum absolute atomic E-state index is 0.0822. The summed E-state index contributed by atoms with van der Waals surface area (Å²) in [5.74, 6) is 0.415. The molecule has 172 valence electrons. The molecule has 0 spiro atoms. The number of ether oxygens (including phenoxy) is 1. The van der Waals surface area contributed by atoms with Crippen LogP contribution in [0.2, 0.25) is 0 Å². The molecule has 1 aliphatic heterocycles. The van der Waals surface area contributed by atoms with Gasteiger partial charge in [0.05, 0.1) is 24.0 Å². The number of anilines is 1. The van der Waals surface area contributed by atoms with Crippen LogP contribution in [0.4, 0.5) is 10.1 Å². The van der Waals surface area contributed by atoms with E-state index in [1.807, 2.05) is 59.5 Å². The standard InChI is InChI=1S/C27H25FN4O2/c1-34-25-10-6-5-9-24(25)30-15-17-31(18-16-30)27(33)23-19-32(22-7-3-2-4-8-22)29-26(23)20-11-13-21(28)14-12-20/h2-14,19H,15-18H2,1H3. The highest BCUT2D eigenvalue weighted by Crippen LogP contribution is 2.30. The maximum absolute atomic E-state index is 13.6. The van der Waals surface area contributed by atoms with Gasteiger partial charge < -0.3 is 14.5 Å². The first-order valence-electron chi connectivity index (χ1n) is 11.2. The van der Waals surface area contributed by atoms with E-state index in [9.17, 15) is 9.18 Å². The number of carbonyl (C=O) groups excluding carboxylic acids is 1. The fourth-order valence-electron chi connectivity index (χ4n) is 4.28. The van der Waals surface area contributed by atoms with Gasteiger partial charge in [-0.1, -0.05) is 30.3 Å². The third-order valence-corrected chi connectivity index (χ3v) is 6.08. The highest BCUT2D eigenvalue weighted by Gasteiger charge is 2.27. The number of nitrogens with zero attached hydrogens (tertiary/aromatic N) is 4. The van der Waals surface area contributed by atoms with E-state index in [4.69, 9.17) is 9.84 Å². The molecule has 7 heteroatoms. The van der Waals surface area contributed by atoms with E-state index in [0.29, 0.717) is 43.0 Å². The molecule has 0 atom stereocenters. The van der Waals surface area contributed by atoms with Crippen LogP contribution in [0.1, 0.15) is 10.4 Å². The predicted octanol–water partition coefficient (Wildman–Crippen LogP) is 4.65. The SMILES string of the molecule is COc1ccccc1N1CCN(C(=O)c2cn(-c3ccccc3)nc2-c2ccc(F)cc2)CC1. The molecule has 5 rings (SSSR count). The molecule has 4 aromatic rings. The second-order valence-corrected chi connectivity index (χ2v) is 8.13. The number of hydrogen-bond acceptors (Lipinski definition) is 4. The van der Waals surface area contributed by atoms with Crippen LogP contribution in [0.3, 0.4) is 0 Å². The largest absolute Gasteiger partial charge is 0.495 e. The first-order valence-corrected chi connectivity index (χ1v) is 11.2. The summed E-state index contributed by atoms with van der Waals surface area (Å²) in [5.41, 5.74) is 3.63. The molecule has 1 saturated heterocycles. The molecule has 1 aliphatic rings. The van der Waals surface area contributed by atoms with Crippen LogP contribution in [0.5, 0.6) is 5.75 Å². The van der Waals surface area contributed by atoms with Gasteiger partial charge in [-0.3, -0.25) is 4.79 Å². The third-order valence-electron chi connectivity index (χ3n) is 6.08. The Morgan fingerprint density at radius 3 is 2.26 bits per heavy atom. The quantitative estimate of drug-likeness (QED) is 0.439. The average molecular weight is 457 g/mol. The first-order chi connectivity index (χ1) is 16.6. The normalized spacial score (nSPS) is 13.7. The van der Waals surface area contributed by atoms with Gasteiger partial charge in [0.25, 0.3) is 5.91 Å². The Balaban J connectivity index is 1.42. The molecule has 3 aromatic carbocycles. The van der Waals surface area contributed by atoms with Crippen molar-refractivity contribution < 1.29 is 13.9 Å². The molecular weight excluding hydrogens is 431 g/mol. The number of carbonyl (C=O) groups is 1. The second-order valence-electron chi connectivity index (χ2n) is 8.13. The Labute approximate surface area is 197 Å². The van der Waals surface area contributed by atoms with Gasteiger partial charge in [-0.25, -0.2) is 9.07 Å². The van der Waals surface area contributed by atoms with Crippen LogP contribution in [0, 0.1) is 5.82 Å². The van der Waals surface area contributed by atoms with Crippen molar-refractivity contribution in [3.8, 4) is 22.7 Å². The van der Waals surface area contributed by atoms with Gasteiger partial charge in [0.15, 0.2) is 0 Å². The lowest BCUT2D eigenvalue weighted by atomic mass is 10.1. The van der Waals surface area contributed by atoms with Gasteiger partial charge in [-0.2, -0.15) is 5.10 Å². The molecule has 0 bridgehead atoms. The number of rotatable bonds is 5. The van der Waals surface area contributed by atoms with Crippen molar-refractivity contribution in [3.63, 3.8) is 0 Å². The molecule has 0 radical (unpaired) electrons. The summed E-state index contributed by atoms with van der Waals surface area (Å²) in [4.78, 5) is 17.7. The predicted molar refractivity (Wildman–Crippen MR) is 130 cm³/mol. The molecule has 0 aliphatic carbocycles. The van der Waals surface area contributed by atoms with E-state index < -0.39 is 0 Å². The van der Waals surface area contributed by atoms with E-state index in [1.54, 1.807) is 30.1 Å². The van der Waals surface area contributed by atoms with Crippen molar-refractivity contribution in [2.75, 3.05) is 38.2 Å². The summed E-state index contributed by atoms with van der Waals surface area (Å²) >= 11 is 0. The van der Waals surface area contributed by atoms with E-state index in [-0.39, 0.29) is 11.7 Å². The van der Waals surface area contributed by atoms with Crippen LogP contribution in [-0.4, -0.2) is 53.9 Å². The molecule has 1 amide bonds. The van der Waals surface area contributed by atoms with E-state index >= 15 is 0 Å². The zero-order valence-corrected chi connectivity index (χ0v) is 18.9. The lowest BCUT2D eigenvalue weighted by Gasteiger charge is -2.36. The summed E-state index contributed by atoms with van der Waals surface area (Å²) < 4.78 is 20.7. The van der Waals surface area contributed by atoms with Gasteiger partial charge in [-0.05, 0) is 48.5 Å². The number of para-hydroxylation sites is 3. The van der Waals surface area contributed by atoms with Gasteiger partial charge >= 0.3 is 0 Å². The molecule has 0 saturated carbocycles. The van der Waals surface area contributed by atoms with Crippen molar-refractivity contribution in [1.82, 2.24) is 14.7 Å². The molecule has 1 aromatic heterocycles. The Morgan fingerprint density at radius 2 is 1.56 bits per heavy atom. The van der Waals surface area contributed by atoms with Crippen molar-refractivity contribution in [1.29, 1.82) is 0 Å². The number of halogens is 1. The maximum atomic E-state index is 13.6. The smallest absolute Gasteiger partial charge is 0.257 e. The zero-order valence-electron chi connectivity index (χ0n) is 18.9. The summed E-state index contributed by atoms with van der Waals surface area (Å²) in [7, 11) is 1.67. The summed E-state index contributed by atoms with van der Waals surface area (Å²) in [6, 6.07) is 23.6. The van der Waals surface area contributed by atoms with Gasteiger partial charge in [-0.15, -0.1) is 0 Å². The van der Waals surface area contributed by atoms with Crippen LogP contribution < -0.4 is 9.64 Å². The van der Waals surface area contributed by atoms with E-state index in [1.165, 1.54) is 12.1 Å². The van der Waals surface area contributed by atoms with Gasteiger partial charge in [0.1, 0.15) is 17.3 Å². The number of amides is 1. The lowest BCUT2D eigenvalue weighted by Crippen LogP contribution is -2.48. The molecule has 0 N–H and O–H groups in total. The van der Waals surface area contributed by atoms with Gasteiger partial charge in [0, 0.05) is 37.9 Å². The lowest BCUT2D eigenvalue weighted by molar-refractivity contribution is 0.0747. The van der Waals surface area contributed by atoms with Crippen molar-refractivity contribution in [2.24, 2.45) is 0 Å². The topological polar surface area (TPSA) is 50.6 Å². The Hall–Kier alpha value is -4.13. The Kier molecular flexibility index (Phi) is 5.99. The third kappa shape index (κ3) is 4.24. The number of piperazine rings is 1. The summed E-state index contributed by atoms with van der Waals surface area (Å²) in [6.45, 7) is 2.56. The van der Waals surface area contributed by atoms with E-state index in [2.05, 4.69) is 4.90 Å². The monoisotopic (exact) mass is 456 g/mol. The zero-order chi connectivity index (χ0) is 23.5. The second kappa shape index (κ2) is 9.39. The number of benzene rings is 3. The van der Waals surface area contributed by atoms with Crippen molar-refractivity contribution >= 4 is 11.6 Å². The summed E-state index contributed by atoms with van der Waals surface area (Å²) in [6.07, 6.45) is 1.77. The molecular formula is C27H25FN4O2. The fraction of sp³-hybridized carbons (Fsp3) is 0.185. The average Bonchev–Trinajstić information content (AvgIpc) is 3.35. The fourth-order valence-corrected chi connectivity index (χ4v) is 4.28. The Bertz CT molecular complexity index is 1280.